The molecule has 4 aromatic rings. The van der Waals surface area contributed by atoms with Crippen LogP contribution in [-0.2, 0) is 4.79 Å². The third-order valence-electron chi connectivity index (χ3n) is 5.15. The van der Waals surface area contributed by atoms with Crippen molar-refractivity contribution in [1.29, 1.82) is 0 Å². The molecule has 1 aromatic heterocycles. The second-order valence-corrected chi connectivity index (χ2v) is 8.19. The summed E-state index contributed by atoms with van der Waals surface area (Å²) in [7, 11) is 0. The first kappa shape index (κ1) is 20.2. The Morgan fingerprint density at radius 2 is 1.94 bits per heavy atom. The number of aromatic nitrogens is 2. The predicted molar refractivity (Wildman–Crippen MR) is 130 cm³/mol. The van der Waals surface area contributed by atoms with Crippen molar-refractivity contribution in [2.24, 2.45) is 0 Å². The predicted octanol–water partition coefficient (Wildman–Crippen LogP) is 5.57. The molecule has 1 aliphatic heterocycles. The van der Waals surface area contributed by atoms with E-state index in [2.05, 4.69) is 31.2 Å². The van der Waals surface area contributed by atoms with Crippen LogP contribution in [0.4, 0.5) is 17.2 Å². The van der Waals surface area contributed by atoms with E-state index in [4.69, 9.17) is 4.74 Å². The van der Waals surface area contributed by atoms with Crippen molar-refractivity contribution < 1.29 is 9.53 Å². The van der Waals surface area contributed by atoms with Gasteiger partial charge in [0, 0.05) is 27.7 Å². The third-order valence-corrected chi connectivity index (χ3v) is 5.64. The Kier molecular flexibility index (Phi) is 5.56. The molecule has 0 saturated heterocycles. The highest BCUT2D eigenvalue weighted by molar-refractivity contribution is 9.10. The summed E-state index contributed by atoms with van der Waals surface area (Å²) in [5.41, 5.74) is 3.32. The molecule has 158 valence electrons. The molecule has 3 aromatic carbocycles. The van der Waals surface area contributed by atoms with E-state index in [0.717, 1.165) is 26.6 Å². The van der Waals surface area contributed by atoms with Crippen molar-refractivity contribution in [1.82, 2.24) is 9.97 Å². The lowest BCUT2D eigenvalue weighted by molar-refractivity contribution is -0.114. The van der Waals surface area contributed by atoms with Crippen molar-refractivity contribution in [3.8, 4) is 5.75 Å². The number of carbonyl (C=O) groups is 1. The molecule has 0 unspecified atom stereocenters. The fourth-order valence-electron chi connectivity index (χ4n) is 3.62. The van der Waals surface area contributed by atoms with Crippen LogP contribution in [0.15, 0.2) is 83.6 Å². The Bertz CT molecular complexity index is 1320. The quantitative estimate of drug-likeness (QED) is 0.381. The minimum atomic E-state index is -0.101. The first-order valence-electron chi connectivity index (χ1n) is 10.2. The number of hydrogen-bond acceptors (Lipinski definition) is 5. The van der Waals surface area contributed by atoms with E-state index in [0.29, 0.717) is 30.4 Å². The molecule has 1 aliphatic rings. The average molecular weight is 487 g/mol. The van der Waals surface area contributed by atoms with E-state index in [9.17, 15) is 4.79 Å². The Balaban J connectivity index is 1.51. The first-order valence-corrected chi connectivity index (χ1v) is 11.0. The fraction of sp³-hybridized carbons (Fsp3) is 0.0800. The molecule has 0 radical (unpaired) electrons. The van der Waals surface area contributed by atoms with Crippen LogP contribution in [0.5, 0.6) is 5.75 Å². The number of rotatable bonds is 4. The van der Waals surface area contributed by atoms with Crippen molar-refractivity contribution in [2.75, 3.05) is 23.4 Å². The summed E-state index contributed by atoms with van der Waals surface area (Å²) >= 11 is 3.49. The van der Waals surface area contributed by atoms with Crippen LogP contribution >= 0.6 is 15.9 Å². The molecule has 0 fully saturated rings. The zero-order valence-corrected chi connectivity index (χ0v) is 18.6. The lowest BCUT2D eigenvalue weighted by atomic mass is 10.1. The minimum absolute atomic E-state index is 0.101. The Hall–Kier alpha value is -3.71. The SMILES string of the molecule is O=C(/C=C/c1ccccc1)N1CCOc2cc3ncnc(Nc4cccc(Br)c4)c3cc21. The molecule has 0 bridgehead atoms. The molecule has 0 saturated carbocycles. The second-order valence-electron chi connectivity index (χ2n) is 7.28. The van der Waals surface area contributed by atoms with E-state index in [1.54, 1.807) is 11.0 Å². The monoisotopic (exact) mass is 486 g/mol. The van der Waals surface area contributed by atoms with Gasteiger partial charge in [-0.2, -0.15) is 0 Å². The second kappa shape index (κ2) is 8.80. The molecule has 1 N–H and O–H groups in total. The van der Waals surface area contributed by atoms with Crippen LogP contribution in [0, 0.1) is 0 Å². The number of nitrogens with one attached hydrogen (secondary N) is 1. The number of nitrogens with zero attached hydrogens (tertiary/aromatic N) is 3. The van der Waals surface area contributed by atoms with Gasteiger partial charge in [-0.1, -0.05) is 52.3 Å². The zero-order valence-electron chi connectivity index (χ0n) is 17.0. The Labute approximate surface area is 193 Å². The number of ether oxygens (including phenoxy) is 1. The summed E-state index contributed by atoms with van der Waals surface area (Å²) in [6.45, 7) is 0.899. The standard InChI is InChI=1S/C25H19BrN4O2/c26-18-7-4-8-19(13-18)29-25-20-14-22-23(15-21(20)27-16-28-25)32-12-11-30(22)24(31)10-9-17-5-2-1-3-6-17/h1-10,13-16H,11-12H2,(H,27,28,29)/b10-9+. The molecule has 0 atom stereocenters. The number of anilines is 3. The van der Waals surface area contributed by atoms with Crippen LogP contribution < -0.4 is 15.0 Å². The fourth-order valence-corrected chi connectivity index (χ4v) is 4.02. The molecule has 0 spiro atoms. The molecule has 0 aliphatic carbocycles. The maximum atomic E-state index is 13.0. The largest absolute Gasteiger partial charge is 0.489 e. The number of benzene rings is 3. The molecule has 7 heteroatoms. The normalized spacial score (nSPS) is 13.1. The molecule has 5 rings (SSSR count). The van der Waals surface area contributed by atoms with Crippen LogP contribution in [0.1, 0.15) is 5.56 Å². The van der Waals surface area contributed by atoms with Gasteiger partial charge in [-0.05, 0) is 35.9 Å². The highest BCUT2D eigenvalue weighted by Crippen LogP contribution is 2.37. The van der Waals surface area contributed by atoms with Crippen LogP contribution in [-0.4, -0.2) is 29.0 Å². The summed E-state index contributed by atoms with van der Waals surface area (Å²) < 4.78 is 6.81. The maximum Gasteiger partial charge on any atom is 0.251 e. The van der Waals surface area contributed by atoms with Gasteiger partial charge >= 0.3 is 0 Å². The third kappa shape index (κ3) is 4.20. The van der Waals surface area contributed by atoms with E-state index in [1.807, 2.05) is 72.8 Å². The molecule has 32 heavy (non-hydrogen) atoms. The summed E-state index contributed by atoms with van der Waals surface area (Å²) in [6, 6.07) is 21.4. The number of fused-ring (bicyclic) bond motifs is 2. The topological polar surface area (TPSA) is 67.4 Å². The average Bonchev–Trinajstić information content (AvgIpc) is 2.82. The lowest BCUT2D eigenvalue weighted by Gasteiger charge is -2.29. The number of hydrogen-bond donors (Lipinski definition) is 1. The van der Waals surface area contributed by atoms with Gasteiger partial charge < -0.3 is 15.0 Å². The maximum absolute atomic E-state index is 13.0. The van der Waals surface area contributed by atoms with Crippen molar-refractivity contribution in [3.05, 3.63) is 89.2 Å². The summed E-state index contributed by atoms with van der Waals surface area (Å²) in [6.07, 6.45) is 4.93. The highest BCUT2D eigenvalue weighted by Gasteiger charge is 2.24. The summed E-state index contributed by atoms with van der Waals surface area (Å²) in [4.78, 5) is 23.6. The number of carbonyl (C=O) groups excluding carboxylic acids is 1. The smallest absolute Gasteiger partial charge is 0.251 e. The molecule has 1 amide bonds. The van der Waals surface area contributed by atoms with Gasteiger partial charge in [0.15, 0.2) is 0 Å². The zero-order chi connectivity index (χ0) is 21.9. The van der Waals surface area contributed by atoms with Crippen LogP contribution in [0.2, 0.25) is 0 Å². The summed E-state index contributed by atoms with van der Waals surface area (Å²) in [5.74, 6) is 1.20. The molecule has 6 nitrogen and oxygen atoms in total. The van der Waals surface area contributed by atoms with Crippen molar-refractivity contribution in [3.63, 3.8) is 0 Å². The minimum Gasteiger partial charge on any atom is -0.489 e. The van der Waals surface area contributed by atoms with Gasteiger partial charge in [0.05, 0.1) is 17.7 Å². The van der Waals surface area contributed by atoms with Gasteiger partial charge in [0.25, 0.3) is 5.91 Å². The van der Waals surface area contributed by atoms with Crippen molar-refractivity contribution >= 4 is 56.0 Å². The first-order chi connectivity index (χ1) is 15.7. The van der Waals surface area contributed by atoms with Gasteiger partial charge in [0.1, 0.15) is 24.5 Å². The van der Waals surface area contributed by atoms with Gasteiger partial charge in [-0.3, -0.25) is 4.79 Å². The Morgan fingerprint density at radius 3 is 2.78 bits per heavy atom. The van der Waals surface area contributed by atoms with E-state index in [-0.39, 0.29) is 5.91 Å². The highest BCUT2D eigenvalue weighted by atomic mass is 79.9. The van der Waals surface area contributed by atoms with Crippen LogP contribution in [0.3, 0.4) is 0 Å². The van der Waals surface area contributed by atoms with E-state index >= 15 is 0 Å². The van der Waals surface area contributed by atoms with E-state index in [1.165, 1.54) is 6.33 Å². The summed E-state index contributed by atoms with van der Waals surface area (Å²) in [5, 5.41) is 4.15. The lowest BCUT2D eigenvalue weighted by Crippen LogP contribution is -2.36. The van der Waals surface area contributed by atoms with Gasteiger partial charge in [-0.15, -0.1) is 0 Å². The Morgan fingerprint density at radius 1 is 1.06 bits per heavy atom. The number of halogens is 1. The van der Waals surface area contributed by atoms with Gasteiger partial charge in [-0.25, -0.2) is 9.97 Å². The molecular weight excluding hydrogens is 468 g/mol. The number of amides is 1. The van der Waals surface area contributed by atoms with E-state index < -0.39 is 0 Å². The van der Waals surface area contributed by atoms with Crippen LogP contribution in [0.25, 0.3) is 17.0 Å². The van der Waals surface area contributed by atoms with Crippen molar-refractivity contribution in [2.45, 2.75) is 0 Å². The molecule has 2 heterocycles. The van der Waals surface area contributed by atoms with Gasteiger partial charge in [0.2, 0.25) is 0 Å². The molecular formula is C25H19BrN4O2.